The Kier molecular flexibility index (Phi) is 4.95. The van der Waals surface area contributed by atoms with Gasteiger partial charge in [-0.25, -0.2) is 4.39 Å². The second-order valence-corrected chi connectivity index (χ2v) is 5.53. The van der Waals surface area contributed by atoms with Crippen LogP contribution in [0.25, 0.3) is 0 Å². The highest BCUT2D eigenvalue weighted by Crippen LogP contribution is 2.23. The molecule has 25 heavy (non-hydrogen) atoms. The lowest BCUT2D eigenvalue weighted by molar-refractivity contribution is 0.102. The molecular formula is C17H13ClFN3O3. The maximum atomic E-state index is 13.8. The molecule has 8 heteroatoms. The van der Waals surface area contributed by atoms with Gasteiger partial charge in [-0.1, -0.05) is 28.9 Å². The first-order chi connectivity index (χ1) is 12.0. The predicted molar refractivity (Wildman–Crippen MR) is 89.2 cm³/mol. The molecule has 0 aliphatic carbocycles. The Morgan fingerprint density at radius 2 is 2.12 bits per heavy atom. The molecule has 3 aromatic rings. The zero-order valence-corrected chi connectivity index (χ0v) is 13.9. The summed E-state index contributed by atoms with van der Waals surface area (Å²) in [6.07, 6.45) is 0. The van der Waals surface area contributed by atoms with Crippen molar-refractivity contribution in [1.82, 2.24) is 10.1 Å². The summed E-state index contributed by atoms with van der Waals surface area (Å²) < 4.78 is 24.2. The molecule has 2 aromatic carbocycles. The number of carbonyl (C=O) groups is 1. The lowest BCUT2D eigenvalue weighted by atomic mass is 10.2. The summed E-state index contributed by atoms with van der Waals surface area (Å²) in [6.45, 7) is 1.70. The second kappa shape index (κ2) is 7.31. The Morgan fingerprint density at radius 3 is 2.88 bits per heavy atom. The Labute approximate surface area is 147 Å². The molecule has 1 amide bonds. The van der Waals surface area contributed by atoms with E-state index < -0.39 is 11.7 Å². The molecule has 0 atom stereocenters. The maximum Gasteiger partial charge on any atom is 0.259 e. The van der Waals surface area contributed by atoms with E-state index in [2.05, 4.69) is 15.5 Å². The van der Waals surface area contributed by atoms with Crippen molar-refractivity contribution in [2.45, 2.75) is 13.5 Å². The van der Waals surface area contributed by atoms with Gasteiger partial charge in [-0.15, -0.1) is 0 Å². The van der Waals surface area contributed by atoms with Crippen LogP contribution in [0.2, 0.25) is 5.02 Å². The van der Waals surface area contributed by atoms with E-state index in [9.17, 15) is 9.18 Å². The van der Waals surface area contributed by atoms with Crippen LogP contribution in [-0.2, 0) is 6.61 Å². The minimum atomic E-state index is -0.585. The van der Waals surface area contributed by atoms with Crippen LogP contribution in [0.4, 0.5) is 10.1 Å². The summed E-state index contributed by atoms with van der Waals surface area (Å²) in [7, 11) is 0. The van der Waals surface area contributed by atoms with Crippen LogP contribution in [0, 0.1) is 12.7 Å². The second-order valence-electron chi connectivity index (χ2n) is 5.09. The minimum Gasteiger partial charge on any atom is -0.485 e. The summed E-state index contributed by atoms with van der Waals surface area (Å²) in [5, 5.41) is 6.51. The van der Waals surface area contributed by atoms with Gasteiger partial charge in [-0.3, -0.25) is 4.79 Å². The quantitative estimate of drug-likeness (QED) is 0.743. The van der Waals surface area contributed by atoms with Crippen LogP contribution >= 0.6 is 11.6 Å². The number of aryl methyl sites for hydroxylation is 1. The van der Waals surface area contributed by atoms with E-state index in [-0.39, 0.29) is 17.9 Å². The number of hydrogen-bond donors (Lipinski definition) is 1. The zero-order valence-electron chi connectivity index (χ0n) is 13.1. The van der Waals surface area contributed by atoms with Crippen molar-refractivity contribution in [2.75, 3.05) is 5.32 Å². The zero-order chi connectivity index (χ0) is 17.8. The third-order valence-electron chi connectivity index (χ3n) is 3.23. The van der Waals surface area contributed by atoms with Gasteiger partial charge in [0.2, 0.25) is 11.7 Å². The number of benzene rings is 2. The summed E-state index contributed by atoms with van der Waals surface area (Å²) in [5.41, 5.74) is 0.225. The molecule has 0 spiro atoms. The lowest BCUT2D eigenvalue weighted by Gasteiger charge is -2.11. The van der Waals surface area contributed by atoms with Crippen LogP contribution in [0.1, 0.15) is 22.1 Å². The third kappa shape index (κ3) is 4.13. The average Bonchev–Trinajstić information content (AvgIpc) is 3.02. The SMILES string of the molecule is Cc1nc(COc2ccccc2C(=O)Nc2cc(Cl)ccc2F)no1. The highest BCUT2D eigenvalue weighted by molar-refractivity contribution is 6.31. The molecule has 0 radical (unpaired) electrons. The van der Waals surface area contributed by atoms with Gasteiger partial charge in [0.1, 0.15) is 11.6 Å². The van der Waals surface area contributed by atoms with E-state index in [4.69, 9.17) is 20.9 Å². The van der Waals surface area contributed by atoms with Crippen LogP contribution in [0.15, 0.2) is 47.0 Å². The number of para-hydroxylation sites is 1. The van der Waals surface area contributed by atoms with E-state index >= 15 is 0 Å². The Bertz CT molecular complexity index is 914. The largest absolute Gasteiger partial charge is 0.485 e. The Hall–Kier alpha value is -2.93. The number of rotatable bonds is 5. The Morgan fingerprint density at radius 1 is 1.32 bits per heavy atom. The molecule has 1 aromatic heterocycles. The van der Waals surface area contributed by atoms with Gasteiger partial charge >= 0.3 is 0 Å². The lowest BCUT2D eigenvalue weighted by Crippen LogP contribution is -2.14. The van der Waals surface area contributed by atoms with Crippen LogP contribution in [0.5, 0.6) is 5.75 Å². The van der Waals surface area contributed by atoms with Crippen molar-refractivity contribution < 1.29 is 18.4 Å². The summed E-state index contributed by atoms with van der Waals surface area (Å²) in [6, 6.07) is 10.5. The van der Waals surface area contributed by atoms with Crippen molar-refractivity contribution in [2.24, 2.45) is 0 Å². The number of hydrogen-bond acceptors (Lipinski definition) is 5. The highest BCUT2D eigenvalue weighted by Gasteiger charge is 2.15. The summed E-state index contributed by atoms with van der Waals surface area (Å²) in [4.78, 5) is 16.5. The first-order valence-electron chi connectivity index (χ1n) is 7.30. The monoisotopic (exact) mass is 361 g/mol. The summed E-state index contributed by atoms with van der Waals surface area (Å²) in [5.74, 6) is -0.0287. The number of amides is 1. The fourth-order valence-electron chi connectivity index (χ4n) is 2.11. The molecule has 0 aliphatic heterocycles. The van der Waals surface area contributed by atoms with E-state index in [1.54, 1.807) is 31.2 Å². The van der Waals surface area contributed by atoms with Crippen molar-refractivity contribution in [1.29, 1.82) is 0 Å². The molecule has 0 fully saturated rings. The Balaban J connectivity index is 1.77. The molecule has 1 N–H and O–H groups in total. The van der Waals surface area contributed by atoms with E-state index in [0.29, 0.717) is 22.5 Å². The maximum absolute atomic E-state index is 13.8. The number of ether oxygens (including phenoxy) is 1. The predicted octanol–water partition coefficient (Wildman–Crippen LogP) is 4.00. The van der Waals surface area contributed by atoms with Gasteiger partial charge in [0.05, 0.1) is 11.3 Å². The average molecular weight is 362 g/mol. The van der Waals surface area contributed by atoms with Crippen molar-refractivity contribution in [3.63, 3.8) is 0 Å². The number of aromatic nitrogens is 2. The number of nitrogens with zero attached hydrogens (tertiary/aromatic N) is 2. The van der Waals surface area contributed by atoms with Gasteiger partial charge in [0, 0.05) is 11.9 Å². The molecule has 0 saturated carbocycles. The molecule has 0 bridgehead atoms. The normalized spacial score (nSPS) is 10.5. The van der Waals surface area contributed by atoms with Crippen LogP contribution in [0.3, 0.4) is 0 Å². The van der Waals surface area contributed by atoms with Gasteiger partial charge < -0.3 is 14.6 Å². The fraction of sp³-hybridized carbons (Fsp3) is 0.118. The van der Waals surface area contributed by atoms with E-state index in [1.807, 2.05) is 0 Å². The molecular weight excluding hydrogens is 349 g/mol. The molecule has 0 unspecified atom stereocenters. The molecule has 128 valence electrons. The van der Waals surface area contributed by atoms with E-state index in [0.717, 1.165) is 0 Å². The van der Waals surface area contributed by atoms with E-state index in [1.165, 1.54) is 18.2 Å². The smallest absolute Gasteiger partial charge is 0.259 e. The number of halogens is 2. The van der Waals surface area contributed by atoms with Gasteiger partial charge in [-0.2, -0.15) is 4.98 Å². The first-order valence-corrected chi connectivity index (χ1v) is 7.68. The number of carbonyl (C=O) groups excluding carboxylic acids is 1. The van der Waals surface area contributed by atoms with Crippen LogP contribution in [-0.4, -0.2) is 16.0 Å². The van der Waals surface area contributed by atoms with Gasteiger partial charge in [0.25, 0.3) is 5.91 Å². The standard InChI is InChI=1S/C17H13ClFN3O3/c1-10-20-16(22-25-10)9-24-15-5-3-2-4-12(15)17(23)21-14-8-11(18)6-7-13(14)19/h2-8H,9H2,1H3,(H,21,23). The summed E-state index contributed by atoms with van der Waals surface area (Å²) >= 11 is 5.83. The molecule has 0 aliphatic rings. The van der Waals surface area contributed by atoms with Gasteiger partial charge in [0.15, 0.2) is 6.61 Å². The number of anilines is 1. The topological polar surface area (TPSA) is 77.2 Å². The fourth-order valence-corrected chi connectivity index (χ4v) is 2.28. The van der Waals surface area contributed by atoms with Crippen molar-refractivity contribution >= 4 is 23.2 Å². The molecule has 6 nitrogen and oxygen atoms in total. The molecule has 3 rings (SSSR count). The molecule has 0 saturated heterocycles. The molecule has 1 heterocycles. The highest BCUT2D eigenvalue weighted by atomic mass is 35.5. The number of nitrogens with one attached hydrogen (secondary N) is 1. The third-order valence-corrected chi connectivity index (χ3v) is 3.47. The van der Waals surface area contributed by atoms with Gasteiger partial charge in [-0.05, 0) is 30.3 Å². The first kappa shape index (κ1) is 16.9. The minimum absolute atomic E-state index is 0.0129. The van der Waals surface area contributed by atoms with Crippen LogP contribution < -0.4 is 10.1 Å². The van der Waals surface area contributed by atoms with Crippen molar-refractivity contribution in [3.05, 3.63) is 70.6 Å². The van der Waals surface area contributed by atoms with Crippen molar-refractivity contribution in [3.8, 4) is 5.75 Å².